The van der Waals surface area contributed by atoms with E-state index in [0.29, 0.717) is 18.9 Å². The first kappa shape index (κ1) is 23.2. The highest BCUT2D eigenvalue weighted by atomic mass is 16.3. The van der Waals surface area contributed by atoms with Gasteiger partial charge in [-0.25, -0.2) is 4.98 Å². The Morgan fingerprint density at radius 2 is 1.81 bits per heavy atom. The SMILES string of the molecule is C[C@H](Cc1cccc(CC(=O)NCc2cccc(O)c2)c1)NC[C@H](O)c1ccc(N)nc1. The number of nitrogens with two attached hydrogens (primary N) is 1. The molecule has 3 aromatic rings. The van der Waals surface area contributed by atoms with Gasteiger partial charge in [-0.1, -0.05) is 42.5 Å². The summed E-state index contributed by atoms with van der Waals surface area (Å²) < 4.78 is 0. The van der Waals surface area contributed by atoms with Crippen LogP contribution in [0, 0.1) is 0 Å². The molecule has 0 fully saturated rings. The van der Waals surface area contributed by atoms with Crippen molar-refractivity contribution in [3.63, 3.8) is 0 Å². The predicted octanol–water partition coefficient (Wildman–Crippen LogP) is 2.48. The van der Waals surface area contributed by atoms with Crippen LogP contribution in [0.3, 0.4) is 0 Å². The van der Waals surface area contributed by atoms with Gasteiger partial charge in [-0.2, -0.15) is 0 Å². The fourth-order valence-electron chi connectivity index (χ4n) is 3.45. The lowest BCUT2D eigenvalue weighted by Gasteiger charge is -2.18. The van der Waals surface area contributed by atoms with Crippen LogP contribution in [-0.4, -0.2) is 33.7 Å². The van der Waals surface area contributed by atoms with Gasteiger partial charge in [0.1, 0.15) is 11.6 Å². The Kier molecular flexibility index (Phi) is 8.19. The van der Waals surface area contributed by atoms with Gasteiger partial charge in [0, 0.05) is 30.9 Å². The van der Waals surface area contributed by atoms with Crippen molar-refractivity contribution in [3.8, 4) is 5.75 Å². The zero-order chi connectivity index (χ0) is 22.9. The number of carbonyl (C=O) groups is 1. The van der Waals surface area contributed by atoms with Crippen LogP contribution in [0.5, 0.6) is 5.75 Å². The summed E-state index contributed by atoms with van der Waals surface area (Å²) >= 11 is 0. The number of phenolic OH excluding ortho intramolecular Hbond substituents is 1. The topological polar surface area (TPSA) is 120 Å². The summed E-state index contributed by atoms with van der Waals surface area (Å²) in [6.45, 7) is 2.84. The van der Waals surface area contributed by atoms with Crippen LogP contribution in [-0.2, 0) is 24.2 Å². The normalized spacial score (nSPS) is 12.8. The van der Waals surface area contributed by atoms with Crippen LogP contribution in [0.2, 0.25) is 0 Å². The second kappa shape index (κ2) is 11.3. The average molecular weight is 435 g/mol. The number of hydrogen-bond acceptors (Lipinski definition) is 6. The number of nitrogens with one attached hydrogen (secondary N) is 2. The van der Waals surface area contributed by atoms with Gasteiger partial charge in [0.15, 0.2) is 0 Å². The van der Waals surface area contributed by atoms with Crippen LogP contribution >= 0.6 is 0 Å². The molecule has 7 heteroatoms. The van der Waals surface area contributed by atoms with Gasteiger partial charge in [-0.3, -0.25) is 4.79 Å². The number of nitrogen functional groups attached to an aromatic ring is 1. The fourth-order valence-corrected chi connectivity index (χ4v) is 3.45. The maximum absolute atomic E-state index is 12.3. The Bertz CT molecular complexity index is 1020. The molecule has 0 aliphatic carbocycles. The molecule has 0 aliphatic heterocycles. The second-order valence-corrected chi connectivity index (χ2v) is 7.99. The smallest absolute Gasteiger partial charge is 0.224 e. The highest BCUT2D eigenvalue weighted by Crippen LogP contribution is 2.14. The summed E-state index contributed by atoms with van der Waals surface area (Å²) in [5, 5.41) is 26.1. The van der Waals surface area contributed by atoms with E-state index in [1.165, 1.54) is 0 Å². The van der Waals surface area contributed by atoms with E-state index < -0.39 is 6.10 Å². The summed E-state index contributed by atoms with van der Waals surface area (Å²) in [7, 11) is 0. The standard InChI is InChI=1S/C25H30N4O3/c1-17(27-16-23(31)21-8-9-24(26)28-15-21)10-18-4-2-5-19(11-18)13-25(32)29-14-20-6-3-7-22(30)12-20/h2-9,11-12,15,17,23,27,30-31H,10,13-14,16H2,1H3,(H2,26,28)(H,29,32)/t17-,23+/m1/s1. The van der Waals surface area contributed by atoms with E-state index in [1.54, 1.807) is 36.5 Å². The van der Waals surface area contributed by atoms with E-state index in [4.69, 9.17) is 5.73 Å². The van der Waals surface area contributed by atoms with Crippen molar-refractivity contribution < 1.29 is 15.0 Å². The van der Waals surface area contributed by atoms with E-state index in [9.17, 15) is 15.0 Å². The number of phenols is 1. The number of hydrogen-bond donors (Lipinski definition) is 5. The third-order valence-corrected chi connectivity index (χ3v) is 5.15. The number of aromatic nitrogens is 1. The van der Waals surface area contributed by atoms with Crippen molar-refractivity contribution in [3.05, 3.63) is 89.1 Å². The summed E-state index contributed by atoms with van der Waals surface area (Å²) in [4.78, 5) is 16.3. The number of nitrogens with zero attached hydrogens (tertiary/aromatic N) is 1. The molecule has 1 amide bonds. The van der Waals surface area contributed by atoms with Gasteiger partial charge >= 0.3 is 0 Å². The molecule has 1 aromatic heterocycles. The molecule has 0 saturated carbocycles. The molecule has 0 unspecified atom stereocenters. The number of carbonyl (C=O) groups excluding carboxylic acids is 1. The van der Waals surface area contributed by atoms with Crippen LogP contribution < -0.4 is 16.4 Å². The third-order valence-electron chi connectivity index (χ3n) is 5.15. The van der Waals surface area contributed by atoms with E-state index in [1.807, 2.05) is 30.3 Å². The molecular formula is C25H30N4O3. The molecule has 1 heterocycles. The molecule has 2 aromatic carbocycles. The van der Waals surface area contributed by atoms with Crippen LogP contribution in [0.15, 0.2) is 66.9 Å². The molecule has 0 bridgehead atoms. The minimum Gasteiger partial charge on any atom is -0.508 e. The fraction of sp³-hybridized carbons (Fsp3) is 0.280. The zero-order valence-electron chi connectivity index (χ0n) is 18.2. The molecule has 168 valence electrons. The van der Waals surface area contributed by atoms with Gasteiger partial charge in [0.25, 0.3) is 0 Å². The number of rotatable bonds is 10. The molecule has 0 radical (unpaired) electrons. The highest BCUT2D eigenvalue weighted by molar-refractivity contribution is 5.78. The average Bonchev–Trinajstić information content (AvgIpc) is 2.77. The van der Waals surface area contributed by atoms with Crippen molar-refractivity contribution in [2.45, 2.75) is 38.5 Å². The van der Waals surface area contributed by atoms with Gasteiger partial charge in [0.2, 0.25) is 5.91 Å². The maximum Gasteiger partial charge on any atom is 0.224 e. The quantitative estimate of drug-likeness (QED) is 0.334. The lowest BCUT2D eigenvalue weighted by atomic mass is 10.0. The number of aliphatic hydroxyl groups is 1. The van der Waals surface area contributed by atoms with Crippen molar-refractivity contribution in [1.82, 2.24) is 15.6 Å². The number of pyridine rings is 1. The molecular weight excluding hydrogens is 404 g/mol. The van der Waals surface area contributed by atoms with Crippen molar-refractivity contribution in [1.29, 1.82) is 0 Å². The Labute approximate surface area is 188 Å². The summed E-state index contributed by atoms with van der Waals surface area (Å²) in [5.41, 5.74) is 9.21. The Hall–Kier alpha value is -3.42. The molecule has 7 nitrogen and oxygen atoms in total. The minimum absolute atomic E-state index is 0.0723. The Morgan fingerprint density at radius 1 is 1.06 bits per heavy atom. The largest absolute Gasteiger partial charge is 0.508 e. The van der Waals surface area contributed by atoms with Gasteiger partial charge in [0.05, 0.1) is 12.5 Å². The summed E-state index contributed by atoms with van der Waals surface area (Å²) in [6, 6.07) is 18.4. The molecule has 0 aliphatic rings. The third kappa shape index (κ3) is 7.37. The molecule has 2 atom stereocenters. The summed E-state index contributed by atoms with van der Waals surface area (Å²) in [5.74, 6) is 0.539. The van der Waals surface area contributed by atoms with E-state index >= 15 is 0 Å². The minimum atomic E-state index is -0.660. The molecule has 6 N–H and O–H groups in total. The van der Waals surface area contributed by atoms with E-state index in [-0.39, 0.29) is 24.1 Å². The van der Waals surface area contributed by atoms with Crippen molar-refractivity contribution in [2.24, 2.45) is 0 Å². The van der Waals surface area contributed by atoms with Crippen molar-refractivity contribution >= 4 is 11.7 Å². The van der Waals surface area contributed by atoms with Gasteiger partial charge in [-0.15, -0.1) is 0 Å². The summed E-state index contributed by atoms with van der Waals surface area (Å²) in [6.07, 6.45) is 1.98. The van der Waals surface area contributed by atoms with E-state index in [2.05, 4.69) is 22.5 Å². The van der Waals surface area contributed by atoms with Gasteiger partial charge in [-0.05, 0) is 48.2 Å². The number of anilines is 1. The highest BCUT2D eigenvalue weighted by Gasteiger charge is 2.11. The monoisotopic (exact) mass is 434 g/mol. The number of aromatic hydroxyl groups is 1. The van der Waals surface area contributed by atoms with Crippen LogP contribution in [0.1, 0.15) is 35.3 Å². The zero-order valence-corrected chi connectivity index (χ0v) is 18.2. The lowest BCUT2D eigenvalue weighted by Crippen LogP contribution is -2.32. The lowest BCUT2D eigenvalue weighted by molar-refractivity contribution is -0.120. The molecule has 3 rings (SSSR count). The Balaban J connectivity index is 1.46. The van der Waals surface area contributed by atoms with Gasteiger partial charge < -0.3 is 26.6 Å². The predicted molar refractivity (Wildman–Crippen MR) is 125 cm³/mol. The van der Waals surface area contributed by atoms with Crippen molar-refractivity contribution in [2.75, 3.05) is 12.3 Å². The Morgan fingerprint density at radius 3 is 2.56 bits per heavy atom. The molecule has 32 heavy (non-hydrogen) atoms. The molecule has 0 saturated heterocycles. The number of amides is 1. The number of aliphatic hydroxyl groups excluding tert-OH is 1. The molecule has 0 spiro atoms. The first-order chi connectivity index (χ1) is 15.4. The number of benzene rings is 2. The first-order valence-electron chi connectivity index (χ1n) is 10.6. The van der Waals surface area contributed by atoms with E-state index in [0.717, 1.165) is 28.7 Å². The maximum atomic E-state index is 12.3. The van der Waals surface area contributed by atoms with Crippen LogP contribution in [0.4, 0.5) is 5.82 Å². The first-order valence-corrected chi connectivity index (χ1v) is 10.6. The second-order valence-electron chi connectivity index (χ2n) is 7.99. The van der Waals surface area contributed by atoms with Crippen LogP contribution in [0.25, 0.3) is 0 Å².